The fourth-order valence-corrected chi connectivity index (χ4v) is 2.41. The number of rotatable bonds is 2. The molecule has 1 heterocycles. The van der Waals surface area contributed by atoms with Gasteiger partial charge in [0.25, 0.3) is 0 Å². The largest absolute Gasteiger partial charge is 0.456 e. The summed E-state index contributed by atoms with van der Waals surface area (Å²) in [4.78, 5) is 4.75. The highest BCUT2D eigenvalue weighted by Crippen LogP contribution is 2.22. The first-order valence-electron chi connectivity index (χ1n) is 7.90. The minimum absolute atomic E-state index is 0.250. The molecule has 0 aliphatic carbocycles. The second-order valence-electron chi connectivity index (χ2n) is 5.98. The normalized spacial score (nSPS) is 12.2. The van der Waals surface area contributed by atoms with Crippen molar-refractivity contribution in [3.63, 3.8) is 0 Å². The molecule has 0 spiro atoms. The van der Waals surface area contributed by atoms with Gasteiger partial charge in [-0.3, -0.25) is 4.99 Å². The van der Waals surface area contributed by atoms with Crippen LogP contribution < -0.4 is 19.3 Å². The highest BCUT2D eigenvalue weighted by molar-refractivity contribution is 5.79. The van der Waals surface area contributed by atoms with Gasteiger partial charge in [0.05, 0.1) is 20.3 Å². The van der Waals surface area contributed by atoms with Gasteiger partial charge in [0.1, 0.15) is 11.3 Å². The van der Waals surface area contributed by atoms with Crippen LogP contribution in [-0.2, 0) is 0 Å². The van der Waals surface area contributed by atoms with Crippen LogP contribution in [0.15, 0.2) is 64.0 Å². The third kappa shape index (κ3) is 6.25. The van der Waals surface area contributed by atoms with E-state index in [2.05, 4.69) is 45.0 Å². The molecule has 1 aromatic heterocycles. The summed E-state index contributed by atoms with van der Waals surface area (Å²) < 4.78 is 38.8. The van der Waals surface area contributed by atoms with Gasteiger partial charge in [-0.15, -0.1) is 0 Å². The molecule has 0 fully saturated rings. The maximum Gasteiger partial charge on any atom is 0.136 e. The van der Waals surface area contributed by atoms with Gasteiger partial charge >= 0.3 is 0 Å². The van der Waals surface area contributed by atoms with Crippen LogP contribution in [0.5, 0.6) is 0 Å². The third-order valence-corrected chi connectivity index (χ3v) is 3.35. The van der Waals surface area contributed by atoms with Gasteiger partial charge in [-0.2, -0.15) is 14.0 Å². The molecule has 0 radical (unpaired) electrons. The molecule has 138 valence electrons. The Morgan fingerprint density at radius 1 is 1.00 bits per heavy atom. The van der Waals surface area contributed by atoms with Crippen LogP contribution in [0.3, 0.4) is 0 Å². The Bertz CT molecular complexity index is 924. The third-order valence-electron chi connectivity index (χ3n) is 3.35. The van der Waals surface area contributed by atoms with E-state index in [0.717, 1.165) is 27.7 Å². The number of halogens is 1. The second kappa shape index (κ2) is 8.44. The predicted octanol–water partition coefficient (Wildman–Crippen LogP) is 0.593. The van der Waals surface area contributed by atoms with E-state index >= 15 is 0 Å². The minimum atomic E-state index is -4.69. The van der Waals surface area contributed by atoms with Crippen molar-refractivity contribution in [2.75, 3.05) is 0 Å². The van der Waals surface area contributed by atoms with Crippen LogP contribution in [0.2, 0.25) is 0 Å². The van der Waals surface area contributed by atoms with Crippen LogP contribution in [0.25, 0.3) is 22.3 Å². The van der Waals surface area contributed by atoms with Crippen molar-refractivity contribution in [2.24, 2.45) is 4.99 Å². The van der Waals surface area contributed by atoms with E-state index in [1.54, 1.807) is 0 Å². The maximum absolute atomic E-state index is 8.60. The Morgan fingerprint density at radius 3 is 2.19 bits per heavy atom. The van der Waals surface area contributed by atoms with Crippen LogP contribution in [-0.4, -0.2) is 10.7 Å². The summed E-state index contributed by atoms with van der Waals surface area (Å²) in [5.41, 5.74) is 3.16. The highest BCUT2D eigenvalue weighted by Gasteiger charge is 2.06. The molecule has 26 heavy (non-hydrogen) atoms. The zero-order valence-corrected chi connectivity index (χ0v) is 15.4. The van der Waals surface area contributed by atoms with Gasteiger partial charge in [-0.1, -0.05) is 42.0 Å². The van der Waals surface area contributed by atoms with E-state index < -0.39 is 10.2 Å². The van der Waals surface area contributed by atoms with Crippen molar-refractivity contribution in [3.05, 3.63) is 65.5 Å². The summed E-state index contributed by atoms with van der Waals surface area (Å²) in [5.74, 6) is 0.853. The highest BCUT2D eigenvalue weighted by atomic mass is 35.7. The average molecular weight is 378 g/mol. The van der Waals surface area contributed by atoms with Gasteiger partial charge < -0.3 is 4.42 Å². The van der Waals surface area contributed by atoms with Crippen molar-refractivity contribution >= 4 is 11.0 Å². The van der Waals surface area contributed by atoms with Crippen LogP contribution in [0.1, 0.15) is 19.4 Å². The number of benzene rings is 2. The summed E-state index contributed by atoms with van der Waals surface area (Å²) in [6.07, 6.45) is 0. The SMILES string of the molecule is Cc1ccc2oc(-c3ccccc3)cc(=NC(C)C)c2c1.[O-][Cl+3]([O-])([O-])O. The van der Waals surface area contributed by atoms with Gasteiger partial charge in [0.2, 0.25) is 0 Å². The van der Waals surface area contributed by atoms with Crippen molar-refractivity contribution < 1.29 is 33.3 Å². The Kier molecular flexibility index (Phi) is 6.52. The standard InChI is InChI=1S/C19H19NO.ClHO4/c1-13(2)20-17-12-19(15-7-5-4-6-8-15)21-18-10-9-14(3)11-16(17)18;2-1(3,4)5/h4-13H,1-3H3;(H,2,3,4,5). The number of hydrogen-bond acceptors (Lipinski definition) is 6. The lowest BCUT2D eigenvalue weighted by Crippen LogP contribution is -2.58. The number of aryl methyl sites for hydroxylation is 1. The van der Waals surface area contributed by atoms with E-state index in [4.69, 9.17) is 28.0 Å². The molecule has 1 N–H and O–H groups in total. The van der Waals surface area contributed by atoms with Gasteiger partial charge in [0.15, 0.2) is 0 Å². The average Bonchev–Trinajstić information content (AvgIpc) is 2.54. The van der Waals surface area contributed by atoms with E-state index in [-0.39, 0.29) is 6.04 Å². The van der Waals surface area contributed by atoms with E-state index in [1.165, 1.54) is 5.56 Å². The molecule has 0 unspecified atom stereocenters. The second-order valence-corrected chi connectivity index (χ2v) is 6.77. The molecular weight excluding hydrogens is 358 g/mol. The van der Waals surface area contributed by atoms with Crippen molar-refractivity contribution in [3.8, 4) is 11.3 Å². The minimum Gasteiger partial charge on any atom is -0.456 e. The monoisotopic (exact) mass is 377 g/mol. The maximum atomic E-state index is 8.60. The first-order valence-corrected chi connectivity index (χ1v) is 9.17. The molecule has 0 aliphatic heterocycles. The Hall–Kier alpha value is -2.22. The topological polar surface area (TPSA) is 115 Å². The molecule has 6 nitrogen and oxygen atoms in total. The molecule has 2 aromatic carbocycles. The van der Waals surface area contributed by atoms with Gasteiger partial charge in [-0.05, 0) is 32.9 Å². The fourth-order valence-electron chi connectivity index (χ4n) is 2.41. The molecule has 3 rings (SSSR count). The smallest absolute Gasteiger partial charge is 0.136 e. The van der Waals surface area contributed by atoms with E-state index in [1.807, 2.05) is 30.3 Å². The quantitative estimate of drug-likeness (QED) is 0.702. The molecule has 0 amide bonds. The first kappa shape index (κ1) is 20.1. The molecule has 0 aliphatic rings. The lowest BCUT2D eigenvalue weighted by Gasteiger charge is -2.06. The summed E-state index contributed by atoms with van der Waals surface area (Å²) in [6.45, 7) is 6.27. The van der Waals surface area contributed by atoms with Crippen LogP contribution >= 0.6 is 0 Å². The predicted molar refractivity (Wildman–Crippen MR) is 89.3 cm³/mol. The number of nitrogens with zero attached hydrogens (tertiary/aromatic N) is 1. The molecule has 0 atom stereocenters. The van der Waals surface area contributed by atoms with Gasteiger partial charge in [0, 0.05) is 23.1 Å². The van der Waals surface area contributed by atoms with E-state index in [0.29, 0.717) is 0 Å². The van der Waals surface area contributed by atoms with Crippen molar-refractivity contribution in [2.45, 2.75) is 26.8 Å². The van der Waals surface area contributed by atoms with Gasteiger partial charge in [-0.25, -0.2) is 0 Å². The summed E-state index contributed by atoms with van der Waals surface area (Å²) in [5, 5.41) is 2.07. The summed E-state index contributed by atoms with van der Waals surface area (Å²) >= 11 is 0. The summed E-state index contributed by atoms with van der Waals surface area (Å²) in [7, 11) is -4.69. The molecule has 0 bridgehead atoms. The Morgan fingerprint density at radius 2 is 1.62 bits per heavy atom. The fraction of sp³-hybridized carbons (Fsp3) is 0.211. The number of fused-ring (bicyclic) bond motifs is 1. The first-order chi connectivity index (χ1) is 12.1. The molecule has 0 saturated heterocycles. The number of hydrogen-bond donors (Lipinski definition) is 1. The zero-order chi connectivity index (χ0) is 19.3. The lowest BCUT2D eigenvalue weighted by atomic mass is 10.1. The van der Waals surface area contributed by atoms with Crippen molar-refractivity contribution in [1.29, 1.82) is 0 Å². The zero-order valence-electron chi connectivity index (χ0n) is 14.7. The molecule has 3 aromatic rings. The van der Waals surface area contributed by atoms with Crippen LogP contribution in [0.4, 0.5) is 0 Å². The molecular formula is C19H20ClNO5. The van der Waals surface area contributed by atoms with Crippen molar-refractivity contribution in [1.82, 2.24) is 0 Å². The summed E-state index contributed by atoms with van der Waals surface area (Å²) in [6, 6.07) is 18.7. The van der Waals surface area contributed by atoms with E-state index in [9.17, 15) is 0 Å². The lowest BCUT2D eigenvalue weighted by molar-refractivity contribution is -1.92. The molecule has 7 heteroatoms. The Labute approximate surface area is 153 Å². The van der Waals surface area contributed by atoms with Crippen LogP contribution in [0, 0.1) is 17.2 Å². The molecule has 0 saturated carbocycles. The Balaban J connectivity index is 0.000000431.